The standard InChI is InChI=1S/C20H29N5/c1-2-17-16-12-13-24-19(14-8-4-3-5-9-14)21-22-20(24)18(16)25(23-17)15-10-6-7-11-15/h14-15H,2-13H2,1H3. The van der Waals surface area contributed by atoms with Crippen molar-refractivity contribution in [2.45, 2.75) is 96.1 Å². The first-order valence-electron chi connectivity index (χ1n) is 10.4. The van der Waals surface area contributed by atoms with Gasteiger partial charge in [-0.05, 0) is 38.5 Å². The Hall–Kier alpha value is -1.65. The Kier molecular flexibility index (Phi) is 3.90. The molecule has 0 unspecified atom stereocenters. The lowest BCUT2D eigenvalue weighted by Crippen LogP contribution is -2.19. The maximum Gasteiger partial charge on any atom is 0.182 e. The number of nitrogens with zero attached hydrogens (tertiary/aromatic N) is 5. The number of rotatable bonds is 3. The van der Waals surface area contributed by atoms with E-state index in [9.17, 15) is 0 Å². The maximum atomic E-state index is 5.05. The number of aryl methyl sites for hydroxylation is 1. The Morgan fingerprint density at radius 3 is 2.48 bits per heavy atom. The molecule has 0 bridgehead atoms. The predicted octanol–water partition coefficient (Wildman–Crippen LogP) is 4.42. The minimum atomic E-state index is 0.565. The molecule has 3 aliphatic rings. The van der Waals surface area contributed by atoms with Gasteiger partial charge < -0.3 is 4.57 Å². The number of fused-ring (bicyclic) bond motifs is 3. The molecule has 5 rings (SSSR count). The van der Waals surface area contributed by atoms with E-state index in [-0.39, 0.29) is 0 Å². The SMILES string of the molecule is CCc1nn(C2CCCC2)c2c1CCn1c-2nnc1C1CCCCC1. The Labute approximate surface area is 149 Å². The van der Waals surface area contributed by atoms with Crippen molar-refractivity contribution in [2.24, 2.45) is 0 Å². The summed E-state index contributed by atoms with van der Waals surface area (Å²) in [5.41, 5.74) is 4.03. The minimum Gasteiger partial charge on any atom is -0.309 e. The van der Waals surface area contributed by atoms with Gasteiger partial charge in [0.15, 0.2) is 5.82 Å². The van der Waals surface area contributed by atoms with E-state index >= 15 is 0 Å². The largest absolute Gasteiger partial charge is 0.309 e. The molecule has 5 heteroatoms. The minimum absolute atomic E-state index is 0.565. The van der Waals surface area contributed by atoms with E-state index in [1.165, 1.54) is 80.6 Å². The molecule has 0 saturated heterocycles. The molecule has 1 aliphatic heterocycles. The maximum absolute atomic E-state index is 5.05. The van der Waals surface area contributed by atoms with Gasteiger partial charge in [-0.3, -0.25) is 4.68 Å². The van der Waals surface area contributed by atoms with Crippen LogP contribution in [0.2, 0.25) is 0 Å². The molecule has 25 heavy (non-hydrogen) atoms. The lowest BCUT2D eigenvalue weighted by molar-refractivity contribution is 0.413. The third kappa shape index (κ3) is 2.46. The van der Waals surface area contributed by atoms with Crippen molar-refractivity contribution in [3.63, 3.8) is 0 Å². The van der Waals surface area contributed by atoms with Gasteiger partial charge in [-0.2, -0.15) is 5.10 Å². The van der Waals surface area contributed by atoms with Crippen LogP contribution in [0.4, 0.5) is 0 Å². The van der Waals surface area contributed by atoms with Gasteiger partial charge in [-0.15, -0.1) is 10.2 Å². The van der Waals surface area contributed by atoms with Crippen molar-refractivity contribution in [3.05, 3.63) is 17.1 Å². The normalized spacial score (nSPS) is 21.5. The van der Waals surface area contributed by atoms with Crippen molar-refractivity contribution < 1.29 is 0 Å². The molecular formula is C20H29N5. The highest BCUT2D eigenvalue weighted by molar-refractivity contribution is 5.60. The molecule has 0 aromatic carbocycles. The first-order valence-corrected chi connectivity index (χ1v) is 10.4. The number of aromatic nitrogens is 5. The highest BCUT2D eigenvalue weighted by Gasteiger charge is 2.33. The summed E-state index contributed by atoms with van der Waals surface area (Å²) in [5.74, 6) is 2.96. The van der Waals surface area contributed by atoms with Gasteiger partial charge in [0.2, 0.25) is 0 Å². The lowest BCUT2D eigenvalue weighted by Gasteiger charge is -2.24. The average molecular weight is 339 g/mol. The van der Waals surface area contributed by atoms with Gasteiger partial charge in [0, 0.05) is 18.0 Å². The molecule has 2 fully saturated rings. The smallest absolute Gasteiger partial charge is 0.182 e. The Morgan fingerprint density at radius 2 is 1.72 bits per heavy atom. The van der Waals surface area contributed by atoms with Gasteiger partial charge in [-0.1, -0.05) is 39.0 Å². The molecule has 2 aromatic rings. The molecule has 0 spiro atoms. The molecule has 134 valence electrons. The summed E-state index contributed by atoms with van der Waals surface area (Å²) in [7, 11) is 0. The molecule has 2 aromatic heterocycles. The molecule has 0 radical (unpaired) electrons. The van der Waals surface area contributed by atoms with Crippen LogP contribution in [0.25, 0.3) is 11.5 Å². The summed E-state index contributed by atoms with van der Waals surface area (Å²) in [6.07, 6.45) is 14.0. The Morgan fingerprint density at radius 1 is 0.960 bits per heavy atom. The van der Waals surface area contributed by atoms with Gasteiger partial charge in [0.25, 0.3) is 0 Å². The van der Waals surface area contributed by atoms with E-state index in [2.05, 4.69) is 16.2 Å². The van der Waals surface area contributed by atoms with Gasteiger partial charge >= 0.3 is 0 Å². The zero-order chi connectivity index (χ0) is 16.8. The summed E-state index contributed by atoms with van der Waals surface area (Å²) in [4.78, 5) is 0. The van der Waals surface area contributed by atoms with Crippen molar-refractivity contribution in [1.82, 2.24) is 24.5 Å². The van der Waals surface area contributed by atoms with Gasteiger partial charge in [0.05, 0.1) is 11.7 Å². The van der Waals surface area contributed by atoms with Crippen molar-refractivity contribution >= 4 is 0 Å². The summed E-state index contributed by atoms with van der Waals surface area (Å²) in [5, 5.41) is 14.4. The average Bonchev–Trinajstić information content (AvgIpc) is 3.39. The van der Waals surface area contributed by atoms with Crippen LogP contribution >= 0.6 is 0 Å². The van der Waals surface area contributed by atoms with Gasteiger partial charge in [0.1, 0.15) is 11.5 Å². The second kappa shape index (κ2) is 6.26. The molecule has 2 aliphatic carbocycles. The fourth-order valence-corrected chi connectivity index (χ4v) is 5.31. The number of hydrogen-bond donors (Lipinski definition) is 0. The van der Waals surface area contributed by atoms with Crippen LogP contribution < -0.4 is 0 Å². The van der Waals surface area contributed by atoms with E-state index in [4.69, 9.17) is 15.3 Å². The van der Waals surface area contributed by atoms with Crippen LogP contribution in [-0.4, -0.2) is 24.5 Å². The fraction of sp³-hybridized carbons (Fsp3) is 0.750. The molecular weight excluding hydrogens is 310 g/mol. The lowest BCUT2D eigenvalue weighted by atomic mass is 9.88. The monoisotopic (exact) mass is 339 g/mol. The van der Waals surface area contributed by atoms with Crippen molar-refractivity contribution in [2.75, 3.05) is 0 Å². The van der Waals surface area contributed by atoms with Crippen LogP contribution in [-0.2, 0) is 19.4 Å². The van der Waals surface area contributed by atoms with Crippen LogP contribution in [0.15, 0.2) is 0 Å². The molecule has 0 amide bonds. The quantitative estimate of drug-likeness (QED) is 0.831. The van der Waals surface area contributed by atoms with Crippen LogP contribution in [0.1, 0.15) is 93.8 Å². The van der Waals surface area contributed by atoms with Gasteiger partial charge in [-0.25, -0.2) is 0 Å². The highest BCUT2D eigenvalue weighted by Crippen LogP contribution is 2.40. The predicted molar refractivity (Wildman–Crippen MR) is 97.7 cm³/mol. The topological polar surface area (TPSA) is 48.5 Å². The summed E-state index contributed by atoms with van der Waals surface area (Å²) < 4.78 is 4.77. The molecule has 2 saturated carbocycles. The van der Waals surface area contributed by atoms with E-state index < -0.39 is 0 Å². The summed E-state index contributed by atoms with van der Waals surface area (Å²) >= 11 is 0. The van der Waals surface area contributed by atoms with Crippen molar-refractivity contribution in [1.29, 1.82) is 0 Å². The van der Waals surface area contributed by atoms with E-state index in [1.54, 1.807) is 0 Å². The Bertz CT molecular complexity index is 759. The Balaban J connectivity index is 1.60. The first-order chi connectivity index (χ1) is 12.4. The van der Waals surface area contributed by atoms with E-state index in [0.29, 0.717) is 12.0 Å². The van der Waals surface area contributed by atoms with Crippen LogP contribution in [0, 0.1) is 0 Å². The van der Waals surface area contributed by atoms with E-state index in [0.717, 1.165) is 25.2 Å². The van der Waals surface area contributed by atoms with Crippen LogP contribution in [0.3, 0.4) is 0 Å². The van der Waals surface area contributed by atoms with E-state index in [1.807, 2.05) is 0 Å². The molecule has 0 N–H and O–H groups in total. The molecule has 5 nitrogen and oxygen atoms in total. The zero-order valence-corrected chi connectivity index (χ0v) is 15.4. The number of hydrogen-bond acceptors (Lipinski definition) is 3. The van der Waals surface area contributed by atoms with Crippen molar-refractivity contribution in [3.8, 4) is 11.5 Å². The van der Waals surface area contributed by atoms with Crippen LogP contribution in [0.5, 0.6) is 0 Å². The third-order valence-corrected chi connectivity index (χ3v) is 6.64. The first kappa shape index (κ1) is 15.6. The highest BCUT2D eigenvalue weighted by atomic mass is 15.4. The fourth-order valence-electron chi connectivity index (χ4n) is 5.31. The zero-order valence-electron chi connectivity index (χ0n) is 15.4. The third-order valence-electron chi connectivity index (χ3n) is 6.64. The second-order valence-electron chi connectivity index (χ2n) is 8.13. The molecule has 3 heterocycles. The second-order valence-corrected chi connectivity index (χ2v) is 8.13. The summed E-state index contributed by atoms with van der Waals surface area (Å²) in [6.45, 7) is 3.26. The molecule has 0 atom stereocenters. The summed E-state index contributed by atoms with van der Waals surface area (Å²) in [6, 6.07) is 0.565.